The van der Waals surface area contributed by atoms with Crippen molar-refractivity contribution in [1.29, 1.82) is 0 Å². The van der Waals surface area contributed by atoms with Crippen LogP contribution in [-0.4, -0.2) is 95.4 Å². The lowest BCUT2D eigenvalue weighted by Gasteiger charge is -2.41. The third kappa shape index (κ3) is 51.4. The molecular formula is C70H137NO11S. The second kappa shape index (κ2) is 59.8. The molecule has 0 aromatic carbocycles. The summed E-state index contributed by atoms with van der Waals surface area (Å²) in [6, 6.07) is -0.941. The number of amides is 1. The van der Waals surface area contributed by atoms with E-state index in [1.54, 1.807) is 6.08 Å². The molecule has 0 bridgehead atoms. The van der Waals surface area contributed by atoms with Crippen molar-refractivity contribution in [3.8, 4) is 0 Å². The Hall–Kier alpha value is -1.16. The Morgan fingerprint density at radius 3 is 1.05 bits per heavy atom. The number of aliphatic hydroxyl groups is 4. The predicted octanol–water partition coefficient (Wildman–Crippen LogP) is 18.9. The number of carbonyl (C=O) groups is 1. The van der Waals surface area contributed by atoms with Crippen LogP contribution < -0.4 is 5.32 Å². The summed E-state index contributed by atoms with van der Waals surface area (Å²) in [6.45, 7) is 3.46. The van der Waals surface area contributed by atoms with Gasteiger partial charge in [0.15, 0.2) is 6.29 Å². The summed E-state index contributed by atoms with van der Waals surface area (Å²) >= 11 is 0. The van der Waals surface area contributed by atoms with Crippen molar-refractivity contribution in [3.63, 3.8) is 0 Å². The zero-order valence-electron chi connectivity index (χ0n) is 54.3. The van der Waals surface area contributed by atoms with E-state index in [2.05, 4.69) is 23.3 Å². The minimum atomic E-state index is -5.09. The number of unbranched alkanes of at least 4 members (excludes halogenated alkanes) is 53. The molecule has 0 aliphatic carbocycles. The van der Waals surface area contributed by atoms with Gasteiger partial charge in [0.1, 0.15) is 24.4 Å². The fourth-order valence-corrected chi connectivity index (χ4v) is 12.6. The van der Waals surface area contributed by atoms with Crippen LogP contribution in [0.15, 0.2) is 12.2 Å². The maximum atomic E-state index is 13.2. The number of carbonyl (C=O) groups excluding carboxylic acids is 1. The quantitative estimate of drug-likeness (QED) is 0.0193. The van der Waals surface area contributed by atoms with E-state index in [0.717, 1.165) is 38.5 Å². The van der Waals surface area contributed by atoms with Gasteiger partial charge < -0.3 is 35.2 Å². The molecule has 83 heavy (non-hydrogen) atoms. The maximum Gasteiger partial charge on any atom is 0.397 e. The first-order valence-electron chi connectivity index (χ1n) is 36.1. The van der Waals surface area contributed by atoms with Gasteiger partial charge in [-0.05, 0) is 19.3 Å². The Balaban J connectivity index is 2.16. The van der Waals surface area contributed by atoms with E-state index in [4.69, 9.17) is 9.47 Å². The Morgan fingerprint density at radius 2 is 0.759 bits per heavy atom. The number of hydrogen-bond acceptors (Lipinski definition) is 10. The van der Waals surface area contributed by atoms with Gasteiger partial charge in [-0.25, -0.2) is 4.18 Å². The van der Waals surface area contributed by atoms with Gasteiger partial charge in [0.2, 0.25) is 5.91 Å². The first-order valence-corrected chi connectivity index (χ1v) is 37.4. The average molecular weight is 1200 g/mol. The molecule has 0 saturated carbocycles. The highest BCUT2D eigenvalue weighted by atomic mass is 32.3. The summed E-state index contributed by atoms with van der Waals surface area (Å²) in [6.07, 6.45) is 67.4. The van der Waals surface area contributed by atoms with Crippen molar-refractivity contribution < 1.29 is 51.8 Å². The molecule has 0 spiro atoms. The number of nitrogens with one attached hydrogen (secondary N) is 1. The molecule has 0 aromatic heterocycles. The lowest BCUT2D eigenvalue weighted by atomic mass is 9.99. The Kier molecular flexibility index (Phi) is 57.5. The first kappa shape index (κ1) is 79.9. The molecule has 7 atom stereocenters. The van der Waals surface area contributed by atoms with E-state index < -0.39 is 59.9 Å². The molecule has 1 aliphatic heterocycles. The van der Waals surface area contributed by atoms with Gasteiger partial charge in [-0.2, -0.15) is 8.42 Å². The van der Waals surface area contributed by atoms with E-state index in [1.165, 1.54) is 308 Å². The first-order chi connectivity index (χ1) is 40.5. The molecule has 0 aromatic rings. The average Bonchev–Trinajstić information content (AvgIpc) is 3.60. The van der Waals surface area contributed by atoms with Crippen molar-refractivity contribution in [3.05, 3.63) is 12.2 Å². The lowest BCUT2D eigenvalue weighted by Crippen LogP contribution is -2.61. The molecule has 494 valence electrons. The van der Waals surface area contributed by atoms with Crippen LogP contribution in [-0.2, 0) is 28.9 Å². The van der Waals surface area contributed by atoms with E-state index in [9.17, 15) is 38.2 Å². The zero-order chi connectivity index (χ0) is 60.4. The van der Waals surface area contributed by atoms with E-state index in [-0.39, 0.29) is 18.9 Å². The Morgan fingerprint density at radius 1 is 0.470 bits per heavy atom. The van der Waals surface area contributed by atoms with Crippen molar-refractivity contribution in [2.45, 2.75) is 416 Å². The molecule has 1 amide bonds. The number of ether oxygens (including phenoxy) is 2. The Bertz CT molecular complexity index is 1500. The third-order valence-corrected chi connectivity index (χ3v) is 18.0. The minimum absolute atomic E-state index is 0.253. The molecule has 0 radical (unpaired) electrons. The third-order valence-electron chi connectivity index (χ3n) is 17.6. The standard InChI is InChI=1S/C70H137NO11S/c1-3-5-7-9-11-13-15-17-19-21-23-24-25-26-27-28-29-30-31-32-33-34-35-36-37-38-39-40-42-44-46-48-50-52-54-56-58-60-66(74)71-63(62-80-70-68(76)69(82-83(77,78)79)67(75)65(61-72)81-70)64(73)59-57-55-53-51-49-47-45-43-41-22-20-18-16-14-12-10-8-6-4-2/h57,59,63-65,67-70,72-73,75-76H,3-56,58,60-62H2,1-2H3,(H,71,74)(H,77,78,79)/b59-57+. The zero-order valence-corrected chi connectivity index (χ0v) is 55.1. The highest BCUT2D eigenvalue weighted by Crippen LogP contribution is 2.27. The van der Waals surface area contributed by atoms with Crippen molar-refractivity contribution in [2.75, 3.05) is 13.2 Å². The molecule has 1 fully saturated rings. The van der Waals surface area contributed by atoms with Gasteiger partial charge in [-0.15, -0.1) is 0 Å². The van der Waals surface area contributed by atoms with E-state index in [1.807, 2.05) is 6.08 Å². The van der Waals surface area contributed by atoms with Crippen LogP contribution in [0, 0.1) is 0 Å². The molecule has 1 rings (SSSR count). The summed E-state index contributed by atoms with van der Waals surface area (Å²) in [5.41, 5.74) is 0. The van der Waals surface area contributed by atoms with Crippen molar-refractivity contribution in [1.82, 2.24) is 5.32 Å². The van der Waals surface area contributed by atoms with Gasteiger partial charge in [0, 0.05) is 6.42 Å². The Labute approximate surface area is 512 Å². The van der Waals surface area contributed by atoms with Crippen molar-refractivity contribution in [2.24, 2.45) is 0 Å². The second-order valence-corrected chi connectivity index (χ2v) is 26.6. The SMILES string of the molecule is CCCCCCCCCCCCCCCCCCC/C=C/C(O)C(COC1OC(CO)C(O)C(OS(=O)(=O)O)C1O)NC(=O)CCCCCCCCCCCCCCCCCCCCCCCCCCCCCCCCCCCCCCC. The van der Waals surface area contributed by atoms with Gasteiger partial charge in [0.25, 0.3) is 0 Å². The molecule has 6 N–H and O–H groups in total. The van der Waals surface area contributed by atoms with Gasteiger partial charge in [-0.3, -0.25) is 9.35 Å². The summed E-state index contributed by atoms with van der Waals surface area (Å²) in [5.74, 6) is -0.253. The van der Waals surface area contributed by atoms with Gasteiger partial charge in [0.05, 0.1) is 25.4 Å². The molecule has 13 heteroatoms. The smallest absolute Gasteiger partial charge is 0.394 e. The molecule has 12 nitrogen and oxygen atoms in total. The number of allylic oxidation sites excluding steroid dienone is 1. The van der Waals surface area contributed by atoms with Crippen LogP contribution >= 0.6 is 0 Å². The molecule has 7 unspecified atom stereocenters. The number of aliphatic hydroxyl groups excluding tert-OH is 4. The van der Waals surface area contributed by atoms with Gasteiger partial charge >= 0.3 is 10.4 Å². The van der Waals surface area contributed by atoms with Gasteiger partial charge in [-0.1, -0.05) is 360 Å². The normalized spacial score (nSPS) is 18.4. The monoisotopic (exact) mass is 1200 g/mol. The van der Waals surface area contributed by atoms with Crippen LogP contribution in [0.2, 0.25) is 0 Å². The highest BCUT2D eigenvalue weighted by molar-refractivity contribution is 7.80. The molecule has 1 aliphatic rings. The van der Waals surface area contributed by atoms with Crippen LogP contribution in [0.4, 0.5) is 0 Å². The summed E-state index contributed by atoms with van der Waals surface area (Å²) in [5, 5.41) is 45.1. The molecule has 1 saturated heterocycles. The summed E-state index contributed by atoms with van der Waals surface area (Å²) in [7, 11) is -5.09. The fourth-order valence-electron chi connectivity index (χ4n) is 12.1. The summed E-state index contributed by atoms with van der Waals surface area (Å²) in [4.78, 5) is 13.2. The van der Waals surface area contributed by atoms with E-state index >= 15 is 0 Å². The topological polar surface area (TPSA) is 192 Å². The van der Waals surface area contributed by atoms with E-state index in [0.29, 0.717) is 6.42 Å². The second-order valence-electron chi connectivity index (χ2n) is 25.5. The summed E-state index contributed by atoms with van der Waals surface area (Å²) < 4.78 is 48.0. The van der Waals surface area contributed by atoms with Crippen LogP contribution in [0.1, 0.15) is 373 Å². The highest BCUT2D eigenvalue weighted by Gasteiger charge is 2.48. The maximum absolute atomic E-state index is 13.2. The predicted molar refractivity (Wildman–Crippen MR) is 347 cm³/mol. The minimum Gasteiger partial charge on any atom is -0.394 e. The number of hydrogen-bond donors (Lipinski definition) is 6. The van der Waals surface area contributed by atoms with Crippen molar-refractivity contribution >= 4 is 16.3 Å². The number of rotatable bonds is 65. The fraction of sp³-hybridized carbons (Fsp3) is 0.957. The van der Waals surface area contributed by atoms with Crippen LogP contribution in [0.5, 0.6) is 0 Å². The molecule has 1 heterocycles. The van der Waals surface area contributed by atoms with Crippen LogP contribution in [0.3, 0.4) is 0 Å². The largest absolute Gasteiger partial charge is 0.397 e. The lowest BCUT2D eigenvalue weighted by molar-refractivity contribution is -0.298. The van der Waals surface area contributed by atoms with Crippen LogP contribution in [0.25, 0.3) is 0 Å². The molecular weight excluding hydrogens is 1060 g/mol.